The zero-order chi connectivity index (χ0) is 18.7. The fourth-order valence-electron chi connectivity index (χ4n) is 0.855. The van der Waals surface area contributed by atoms with Gasteiger partial charge in [0.15, 0.2) is 0 Å². The van der Waals surface area contributed by atoms with Crippen molar-refractivity contribution >= 4 is 11.9 Å². The minimum absolute atomic E-state index is 0. The van der Waals surface area contributed by atoms with Gasteiger partial charge in [-0.25, -0.2) is 0 Å². The van der Waals surface area contributed by atoms with Crippen molar-refractivity contribution < 1.29 is 24.7 Å². The summed E-state index contributed by atoms with van der Waals surface area (Å²) < 4.78 is 4.65. The average Bonchev–Trinajstić information content (AvgIpc) is 2.50. The number of rotatable bonds is 8. The maximum absolute atomic E-state index is 10.3. The lowest BCUT2D eigenvalue weighted by Crippen LogP contribution is -2.76. The van der Waals surface area contributed by atoms with Crippen LogP contribution in [0.15, 0.2) is 12.3 Å². The molecule has 0 aromatic heterocycles. The SMILES string of the molecule is C.C.C.C.C.C.C=C(C)[NH2+]C.CC(=O)OCCCCCC(=O)[O-].CCC(C)C#N. The number of aliphatic carboxylic acids is 1. The third-order valence-electron chi connectivity index (χ3n) is 2.66. The van der Waals surface area contributed by atoms with Gasteiger partial charge in [-0.2, -0.15) is 5.26 Å². The number of carboxylic acid groups (broad SMARTS) is 1. The molecule has 0 heterocycles. The van der Waals surface area contributed by atoms with Gasteiger partial charge in [0.1, 0.15) is 0 Å². The van der Waals surface area contributed by atoms with Gasteiger partial charge in [0.2, 0.25) is 0 Å². The number of quaternary nitrogens is 1. The fraction of sp³-hybridized carbons (Fsp3) is 0.783. The van der Waals surface area contributed by atoms with Crippen LogP contribution < -0.4 is 10.4 Å². The van der Waals surface area contributed by atoms with Gasteiger partial charge < -0.3 is 20.0 Å². The Kier molecular flexibility index (Phi) is 87.6. The Morgan fingerprint density at radius 2 is 1.48 bits per heavy atom. The lowest BCUT2D eigenvalue weighted by molar-refractivity contribution is -0.575. The lowest BCUT2D eigenvalue weighted by atomic mass is 10.2. The van der Waals surface area contributed by atoms with Crippen LogP contribution in [0.5, 0.6) is 0 Å². The quantitative estimate of drug-likeness (QED) is 0.438. The molecule has 0 aromatic rings. The van der Waals surface area contributed by atoms with Crippen LogP contribution in [-0.2, 0) is 14.3 Å². The van der Waals surface area contributed by atoms with E-state index in [2.05, 4.69) is 17.4 Å². The molecule has 0 spiro atoms. The van der Waals surface area contributed by atoms with Crippen LogP contribution in [0.2, 0.25) is 0 Å². The number of esters is 1. The van der Waals surface area contributed by atoms with Crippen LogP contribution in [0.3, 0.4) is 0 Å². The highest BCUT2D eigenvalue weighted by Crippen LogP contribution is 1.99. The highest BCUT2D eigenvalue weighted by molar-refractivity contribution is 5.65. The molecule has 0 aliphatic heterocycles. The molecule has 0 saturated carbocycles. The standard InChI is InChI=1S/C8H14O4.C5H9N.C4H9N.6CH4/c1-7(9)12-6-4-2-3-5-8(10)11;1-3-5(2)4-6;1-4(2)5-3;;;;;;/h2-6H2,1H3,(H,10,11);5H,3H2,1-2H3;5H,1H2,2-3H3;6*1H4. The van der Waals surface area contributed by atoms with E-state index in [1.54, 1.807) is 0 Å². The predicted octanol–water partition coefficient (Wildman–Crippen LogP) is 4.95. The topological polar surface area (TPSA) is 107 Å². The first-order chi connectivity index (χ1) is 10.7. The fourth-order valence-corrected chi connectivity index (χ4v) is 0.855. The highest BCUT2D eigenvalue weighted by Gasteiger charge is 1.93. The van der Waals surface area contributed by atoms with Gasteiger partial charge in [-0.3, -0.25) is 4.79 Å². The van der Waals surface area contributed by atoms with Gasteiger partial charge >= 0.3 is 5.97 Å². The zero-order valence-electron chi connectivity index (χ0n) is 15.2. The van der Waals surface area contributed by atoms with Crippen molar-refractivity contribution in [3.8, 4) is 6.07 Å². The summed E-state index contributed by atoms with van der Waals surface area (Å²) in [4.78, 5) is 20.2. The largest absolute Gasteiger partial charge is 0.550 e. The summed E-state index contributed by atoms with van der Waals surface area (Å²) in [5, 5.41) is 20.0. The van der Waals surface area contributed by atoms with Gasteiger partial charge in [-0.05, 0) is 45.6 Å². The van der Waals surface area contributed by atoms with Gasteiger partial charge in [-0.1, -0.05) is 51.5 Å². The average molecular weight is 425 g/mol. The summed E-state index contributed by atoms with van der Waals surface area (Å²) in [5.74, 6) is -1.08. The molecule has 6 heteroatoms. The van der Waals surface area contributed by atoms with Crippen molar-refractivity contribution in [3.05, 3.63) is 12.3 Å². The van der Waals surface area contributed by atoms with E-state index < -0.39 is 5.97 Å². The molecule has 1 atom stereocenters. The molecule has 0 aromatic carbocycles. The molecule has 0 fully saturated rings. The van der Waals surface area contributed by atoms with E-state index in [1.165, 1.54) is 6.92 Å². The van der Waals surface area contributed by atoms with Crippen molar-refractivity contribution in [2.75, 3.05) is 13.7 Å². The number of nitrogens with zero attached hydrogens (tertiary/aromatic N) is 1. The molecule has 0 aliphatic rings. The highest BCUT2D eigenvalue weighted by atomic mass is 16.5. The second-order valence-corrected chi connectivity index (χ2v) is 5.10. The number of ether oxygens (including phenoxy) is 1. The Balaban J connectivity index is -0.0000000295. The van der Waals surface area contributed by atoms with Crippen molar-refractivity contribution in [3.63, 3.8) is 0 Å². The summed E-state index contributed by atoms with van der Waals surface area (Å²) in [7, 11) is 1.97. The Labute approximate surface area is 184 Å². The smallest absolute Gasteiger partial charge is 0.302 e. The van der Waals surface area contributed by atoms with Crippen molar-refractivity contribution in [1.29, 1.82) is 5.26 Å². The normalized spacial score (nSPS) is 7.86. The number of hydrogen-bond acceptors (Lipinski definition) is 5. The first kappa shape index (κ1) is 56.4. The molecule has 0 radical (unpaired) electrons. The molecule has 182 valence electrons. The molecular weight excluding hydrogens is 368 g/mol. The molecule has 29 heavy (non-hydrogen) atoms. The second-order valence-electron chi connectivity index (χ2n) is 5.10. The van der Waals surface area contributed by atoms with E-state index in [9.17, 15) is 14.7 Å². The first-order valence-corrected chi connectivity index (χ1v) is 7.88. The Bertz CT molecular complexity index is 346. The third-order valence-corrected chi connectivity index (χ3v) is 2.66. The van der Waals surface area contributed by atoms with E-state index in [0.29, 0.717) is 19.4 Å². The molecule has 2 N–H and O–H groups in total. The predicted molar refractivity (Wildman–Crippen MR) is 128 cm³/mol. The van der Waals surface area contributed by atoms with Crippen LogP contribution in [0.4, 0.5) is 0 Å². The van der Waals surface area contributed by atoms with Crippen LogP contribution in [0, 0.1) is 17.2 Å². The van der Waals surface area contributed by atoms with Crippen LogP contribution >= 0.6 is 0 Å². The minimum Gasteiger partial charge on any atom is -0.550 e. The number of carbonyl (C=O) groups excluding carboxylic acids is 2. The molecule has 0 amide bonds. The molecule has 1 unspecified atom stereocenters. The maximum atomic E-state index is 10.3. The minimum atomic E-state index is -1.03. The summed E-state index contributed by atoms with van der Waals surface area (Å²) in [6.45, 7) is 11.2. The van der Waals surface area contributed by atoms with Gasteiger partial charge in [-0.15, -0.1) is 0 Å². The first-order valence-electron chi connectivity index (χ1n) is 7.88. The number of carboxylic acids is 1. The monoisotopic (exact) mass is 424 g/mol. The summed E-state index contributed by atoms with van der Waals surface area (Å²) >= 11 is 0. The molecule has 6 nitrogen and oxygen atoms in total. The van der Waals surface area contributed by atoms with E-state index in [-0.39, 0.29) is 62.9 Å². The van der Waals surface area contributed by atoms with Crippen molar-refractivity contribution in [2.45, 2.75) is 104 Å². The Morgan fingerprint density at radius 3 is 1.69 bits per heavy atom. The molecule has 0 bridgehead atoms. The second kappa shape index (κ2) is 45.1. The van der Waals surface area contributed by atoms with Gasteiger partial charge in [0, 0.05) is 25.7 Å². The summed E-state index contributed by atoms with van der Waals surface area (Å²) in [6, 6.07) is 2.11. The van der Waals surface area contributed by atoms with Crippen LogP contribution in [0.25, 0.3) is 0 Å². The number of nitriles is 1. The maximum Gasteiger partial charge on any atom is 0.302 e. The number of allylic oxidation sites excluding steroid dienone is 1. The van der Waals surface area contributed by atoms with E-state index >= 15 is 0 Å². The number of nitrogens with two attached hydrogens (primary N) is 1. The van der Waals surface area contributed by atoms with Crippen molar-refractivity contribution in [2.24, 2.45) is 5.92 Å². The molecule has 0 aliphatic carbocycles. The summed E-state index contributed by atoms with van der Waals surface area (Å²) in [5.41, 5.74) is 1.13. The lowest BCUT2D eigenvalue weighted by Gasteiger charge is -2.02. The zero-order valence-corrected chi connectivity index (χ0v) is 15.2. The third kappa shape index (κ3) is 88.3. The number of carbonyl (C=O) groups is 2. The number of hydrogen-bond donors (Lipinski definition) is 1. The summed E-state index contributed by atoms with van der Waals surface area (Å²) in [6.07, 6.45) is 3.11. The van der Waals surface area contributed by atoms with Gasteiger partial charge in [0.05, 0.1) is 25.4 Å². The van der Waals surface area contributed by atoms with Crippen molar-refractivity contribution in [1.82, 2.24) is 0 Å². The van der Waals surface area contributed by atoms with E-state index in [1.807, 2.05) is 33.1 Å². The van der Waals surface area contributed by atoms with Crippen LogP contribution in [-0.4, -0.2) is 25.6 Å². The molecular formula is C23H56N2O4. The number of unbranched alkanes of at least 4 members (excludes halogenated alkanes) is 2. The molecule has 0 rings (SSSR count). The Hall–Kier alpha value is -1.87. The van der Waals surface area contributed by atoms with E-state index in [4.69, 9.17) is 5.26 Å². The molecule has 0 saturated heterocycles. The van der Waals surface area contributed by atoms with Gasteiger partial charge in [0.25, 0.3) is 0 Å². The Morgan fingerprint density at radius 1 is 1.07 bits per heavy atom. The van der Waals surface area contributed by atoms with E-state index in [0.717, 1.165) is 18.5 Å². The van der Waals surface area contributed by atoms with Crippen LogP contribution in [0.1, 0.15) is 104 Å².